The maximum absolute atomic E-state index is 12.0. The summed E-state index contributed by atoms with van der Waals surface area (Å²) >= 11 is 0. The predicted molar refractivity (Wildman–Crippen MR) is 78.8 cm³/mol. The first-order chi connectivity index (χ1) is 9.56. The second kappa shape index (κ2) is 6.90. The molecule has 1 aliphatic rings. The van der Waals surface area contributed by atoms with Gasteiger partial charge in [-0.3, -0.25) is 9.69 Å². The molecule has 1 amide bonds. The monoisotopic (exact) mass is 279 g/mol. The van der Waals surface area contributed by atoms with Crippen molar-refractivity contribution >= 4 is 5.91 Å². The lowest BCUT2D eigenvalue weighted by Crippen LogP contribution is -2.48. The number of hydrogen-bond donors (Lipinski definition) is 1. The number of carbonyl (C=O) groups excluding carboxylic acids is 1. The Morgan fingerprint density at radius 1 is 1.55 bits per heavy atom. The van der Waals surface area contributed by atoms with Crippen molar-refractivity contribution in [1.82, 2.24) is 14.8 Å². The first kappa shape index (κ1) is 15.1. The number of nitrogens with zero attached hydrogens (tertiary/aromatic N) is 2. The van der Waals surface area contributed by atoms with Crippen molar-refractivity contribution in [1.29, 1.82) is 0 Å². The smallest absolute Gasteiger partial charge is 0.267 e. The van der Waals surface area contributed by atoms with E-state index in [1.807, 2.05) is 29.9 Å². The van der Waals surface area contributed by atoms with Gasteiger partial charge in [-0.1, -0.05) is 13.8 Å². The minimum atomic E-state index is -0.0397. The molecule has 1 fully saturated rings. The molecule has 1 aromatic heterocycles. The van der Waals surface area contributed by atoms with Gasteiger partial charge in [0, 0.05) is 39.4 Å². The molecule has 5 nitrogen and oxygen atoms in total. The van der Waals surface area contributed by atoms with Crippen LogP contribution in [-0.4, -0.2) is 54.3 Å². The van der Waals surface area contributed by atoms with E-state index >= 15 is 0 Å². The second-order valence-electron chi connectivity index (χ2n) is 5.86. The van der Waals surface area contributed by atoms with Gasteiger partial charge < -0.3 is 14.6 Å². The zero-order valence-electron chi connectivity index (χ0n) is 12.6. The van der Waals surface area contributed by atoms with E-state index < -0.39 is 0 Å². The van der Waals surface area contributed by atoms with Crippen LogP contribution in [-0.2, 0) is 11.8 Å². The van der Waals surface area contributed by atoms with Crippen LogP contribution in [0.5, 0.6) is 0 Å². The molecule has 1 N–H and O–H groups in total. The zero-order valence-corrected chi connectivity index (χ0v) is 12.6. The third-order valence-electron chi connectivity index (χ3n) is 3.51. The van der Waals surface area contributed by atoms with E-state index in [2.05, 4.69) is 24.1 Å². The van der Waals surface area contributed by atoms with Gasteiger partial charge in [0.15, 0.2) is 0 Å². The Morgan fingerprint density at radius 3 is 3.00 bits per heavy atom. The van der Waals surface area contributed by atoms with Crippen LogP contribution in [0.2, 0.25) is 0 Å². The number of amides is 1. The van der Waals surface area contributed by atoms with Crippen LogP contribution in [0.1, 0.15) is 24.3 Å². The number of carbonyl (C=O) groups is 1. The molecular weight excluding hydrogens is 254 g/mol. The number of aryl methyl sites for hydroxylation is 1. The molecule has 0 radical (unpaired) electrons. The van der Waals surface area contributed by atoms with Crippen molar-refractivity contribution in [2.45, 2.75) is 20.0 Å². The Kier molecular flexibility index (Phi) is 5.20. The average molecular weight is 279 g/mol. The van der Waals surface area contributed by atoms with Gasteiger partial charge in [-0.15, -0.1) is 0 Å². The number of aromatic nitrogens is 1. The third kappa shape index (κ3) is 4.08. The maximum atomic E-state index is 12.0. The fraction of sp³-hybridized carbons (Fsp3) is 0.667. The second-order valence-corrected chi connectivity index (χ2v) is 5.86. The Morgan fingerprint density at radius 2 is 2.35 bits per heavy atom. The molecule has 1 atom stereocenters. The van der Waals surface area contributed by atoms with Gasteiger partial charge in [-0.25, -0.2) is 0 Å². The van der Waals surface area contributed by atoms with Gasteiger partial charge in [-0.05, 0) is 18.1 Å². The highest BCUT2D eigenvalue weighted by Gasteiger charge is 2.21. The van der Waals surface area contributed by atoms with Gasteiger partial charge in [0.05, 0.1) is 12.7 Å². The number of ether oxygens (including phenoxy) is 1. The lowest BCUT2D eigenvalue weighted by atomic mass is 10.2. The fourth-order valence-electron chi connectivity index (χ4n) is 2.58. The molecule has 1 unspecified atom stereocenters. The van der Waals surface area contributed by atoms with Crippen molar-refractivity contribution in [2.75, 3.05) is 32.8 Å². The Labute approximate surface area is 120 Å². The molecule has 0 aliphatic carbocycles. The Bertz CT molecular complexity index is 442. The van der Waals surface area contributed by atoms with E-state index in [4.69, 9.17) is 4.74 Å². The molecule has 0 saturated carbocycles. The Balaban J connectivity index is 1.79. The highest BCUT2D eigenvalue weighted by Crippen LogP contribution is 2.08. The molecule has 2 rings (SSSR count). The van der Waals surface area contributed by atoms with Crippen LogP contribution in [0, 0.1) is 5.92 Å². The first-order valence-electron chi connectivity index (χ1n) is 7.29. The highest BCUT2D eigenvalue weighted by atomic mass is 16.5. The topological polar surface area (TPSA) is 46.5 Å². The number of rotatable bonds is 5. The molecule has 0 spiro atoms. The van der Waals surface area contributed by atoms with Crippen LogP contribution in [0.15, 0.2) is 18.3 Å². The van der Waals surface area contributed by atoms with Crippen LogP contribution in [0.3, 0.4) is 0 Å². The van der Waals surface area contributed by atoms with Crippen molar-refractivity contribution < 1.29 is 9.53 Å². The summed E-state index contributed by atoms with van der Waals surface area (Å²) in [6, 6.07) is 3.69. The molecular formula is C15H25N3O2. The zero-order chi connectivity index (χ0) is 14.5. The van der Waals surface area contributed by atoms with Crippen molar-refractivity contribution in [2.24, 2.45) is 13.0 Å². The summed E-state index contributed by atoms with van der Waals surface area (Å²) in [7, 11) is 1.87. The van der Waals surface area contributed by atoms with E-state index in [0.29, 0.717) is 18.2 Å². The van der Waals surface area contributed by atoms with Crippen molar-refractivity contribution in [3.8, 4) is 0 Å². The van der Waals surface area contributed by atoms with E-state index in [-0.39, 0.29) is 12.0 Å². The molecule has 1 saturated heterocycles. The summed E-state index contributed by atoms with van der Waals surface area (Å²) in [5.74, 6) is 0.619. The molecule has 2 heterocycles. The summed E-state index contributed by atoms with van der Waals surface area (Å²) in [6.45, 7) is 8.73. The molecule has 0 aromatic carbocycles. The Hall–Kier alpha value is -1.33. The van der Waals surface area contributed by atoms with Crippen LogP contribution < -0.4 is 5.32 Å². The lowest BCUT2D eigenvalue weighted by Gasteiger charge is -2.33. The number of nitrogens with one attached hydrogen (secondary N) is 1. The summed E-state index contributed by atoms with van der Waals surface area (Å²) < 4.78 is 7.55. The molecule has 112 valence electrons. The predicted octanol–water partition coefficient (Wildman–Crippen LogP) is 1.11. The van der Waals surface area contributed by atoms with Crippen molar-refractivity contribution in [3.05, 3.63) is 24.0 Å². The van der Waals surface area contributed by atoms with E-state index in [1.165, 1.54) is 0 Å². The fourth-order valence-corrected chi connectivity index (χ4v) is 2.58. The summed E-state index contributed by atoms with van der Waals surface area (Å²) in [6.07, 6.45) is 1.96. The minimum absolute atomic E-state index is 0.0397. The molecule has 1 aromatic rings. The van der Waals surface area contributed by atoms with Crippen LogP contribution in [0.25, 0.3) is 0 Å². The minimum Gasteiger partial charge on any atom is -0.374 e. The van der Waals surface area contributed by atoms with Gasteiger partial charge in [0.2, 0.25) is 0 Å². The van der Waals surface area contributed by atoms with Crippen LogP contribution >= 0.6 is 0 Å². The van der Waals surface area contributed by atoms with E-state index in [0.717, 1.165) is 26.2 Å². The summed E-state index contributed by atoms with van der Waals surface area (Å²) in [5.41, 5.74) is 0.680. The van der Waals surface area contributed by atoms with Gasteiger partial charge in [0.1, 0.15) is 5.69 Å². The standard InChI is InChI=1S/C15H25N3O2/c1-12(2)10-18-7-8-20-13(11-18)9-16-15(19)14-5-4-6-17(14)3/h4-6,12-13H,7-11H2,1-3H3,(H,16,19). The van der Waals surface area contributed by atoms with Crippen LogP contribution in [0.4, 0.5) is 0 Å². The molecule has 20 heavy (non-hydrogen) atoms. The molecule has 5 heteroatoms. The number of morpholine rings is 1. The largest absolute Gasteiger partial charge is 0.374 e. The average Bonchev–Trinajstić information content (AvgIpc) is 2.82. The quantitative estimate of drug-likeness (QED) is 0.878. The maximum Gasteiger partial charge on any atom is 0.267 e. The van der Waals surface area contributed by atoms with Crippen molar-refractivity contribution in [3.63, 3.8) is 0 Å². The van der Waals surface area contributed by atoms with E-state index in [9.17, 15) is 4.79 Å². The first-order valence-corrected chi connectivity index (χ1v) is 7.29. The summed E-state index contributed by atoms with van der Waals surface area (Å²) in [4.78, 5) is 14.4. The van der Waals surface area contributed by atoms with Gasteiger partial charge >= 0.3 is 0 Å². The van der Waals surface area contributed by atoms with E-state index in [1.54, 1.807) is 0 Å². The third-order valence-corrected chi connectivity index (χ3v) is 3.51. The van der Waals surface area contributed by atoms with Gasteiger partial charge in [0.25, 0.3) is 5.91 Å². The summed E-state index contributed by atoms with van der Waals surface area (Å²) in [5, 5.41) is 2.96. The molecule has 1 aliphatic heterocycles. The van der Waals surface area contributed by atoms with Gasteiger partial charge in [-0.2, -0.15) is 0 Å². The molecule has 0 bridgehead atoms. The highest BCUT2D eigenvalue weighted by molar-refractivity contribution is 5.92. The number of hydrogen-bond acceptors (Lipinski definition) is 3. The lowest BCUT2D eigenvalue weighted by molar-refractivity contribution is -0.0296. The normalized spacial score (nSPS) is 20.3. The SMILES string of the molecule is CC(C)CN1CCOC(CNC(=O)c2cccn2C)C1.